The van der Waals surface area contributed by atoms with E-state index in [4.69, 9.17) is 11.6 Å². The molecule has 0 aliphatic heterocycles. The van der Waals surface area contributed by atoms with Gasteiger partial charge in [-0.3, -0.25) is 4.68 Å². The Morgan fingerprint density at radius 2 is 2.14 bits per heavy atom. The van der Waals surface area contributed by atoms with Crippen LogP contribution in [0.5, 0.6) is 0 Å². The highest BCUT2D eigenvalue weighted by atomic mass is 35.5. The molecular formula is C16H21ClFN3. The van der Waals surface area contributed by atoms with Crippen molar-refractivity contribution in [2.75, 3.05) is 6.54 Å². The average molecular weight is 310 g/mol. The van der Waals surface area contributed by atoms with Crippen LogP contribution in [0.1, 0.15) is 30.7 Å². The van der Waals surface area contributed by atoms with E-state index in [0.29, 0.717) is 23.0 Å². The van der Waals surface area contributed by atoms with E-state index in [1.807, 2.05) is 13.1 Å². The van der Waals surface area contributed by atoms with Crippen LogP contribution in [0, 0.1) is 18.7 Å². The number of halogens is 2. The fraction of sp³-hybridized carbons (Fsp3) is 0.438. The maximum Gasteiger partial charge on any atom is 0.129 e. The Morgan fingerprint density at radius 3 is 2.81 bits per heavy atom. The van der Waals surface area contributed by atoms with Gasteiger partial charge in [-0.05, 0) is 31.5 Å². The lowest BCUT2D eigenvalue weighted by atomic mass is 10.2. The fourth-order valence-corrected chi connectivity index (χ4v) is 2.38. The standard InChI is InChI=1S/C16H21ClFN3/c1-11(2)7-19-8-13-9-21(20-12(13)3)10-14-15(17)5-4-6-16(14)18/h4-6,9,11,19H,7-8,10H2,1-3H3. The van der Waals surface area contributed by atoms with Crippen LogP contribution in [-0.4, -0.2) is 16.3 Å². The number of rotatable bonds is 6. The van der Waals surface area contributed by atoms with Crippen molar-refractivity contribution < 1.29 is 4.39 Å². The number of aromatic nitrogens is 2. The monoisotopic (exact) mass is 309 g/mol. The van der Waals surface area contributed by atoms with Gasteiger partial charge in [0.1, 0.15) is 5.82 Å². The van der Waals surface area contributed by atoms with Crippen molar-refractivity contribution in [3.8, 4) is 0 Å². The van der Waals surface area contributed by atoms with Gasteiger partial charge >= 0.3 is 0 Å². The molecule has 0 spiro atoms. The predicted molar refractivity (Wildman–Crippen MR) is 84.0 cm³/mol. The minimum absolute atomic E-state index is 0.296. The van der Waals surface area contributed by atoms with Crippen molar-refractivity contribution in [3.63, 3.8) is 0 Å². The number of nitrogens with zero attached hydrogens (tertiary/aromatic N) is 2. The van der Waals surface area contributed by atoms with Gasteiger partial charge in [0.25, 0.3) is 0 Å². The molecule has 0 aliphatic carbocycles. The quantitative estimate of drug-likeness (QED) is 0.880. The molecule has 0 atom stereocenters. The van der Waals surface area contributed by atoms with Gasteiger partial charge in [0, 0.05) is 28.9 Å². The van der Waals surface area contributed by atoms with Gasteiger partial charge in [-0.15, -0.1) is 0 Å². The number of hydrogen-bond donors (Lipinski definition) is 1. The summed E-state index contributed by atoms with van der Waals surface area (Å²) >= 11 is 6.05. The zero-order valence-corrected chi connectivity index (χ0v) is 13.4. The lowest BCUT2D eigenvalue weighted by molar-refractivity contribution is 0.551. The average Bonchev–Trinajstić information content (AvgIpc) is 2.74. The molecule has 0 amide bonds. The Kier molecular flexibility index (Phi) is 5.37. The van der Waals surface area contributed by atoms with E-state index in [2.05, 4.69) is 24.3 Å². The highest BCUT2D eigenvalue weighted by Gasteiger charge is 2.10. The normalized spacial score (nSPS) is 11.3. The van der Waals surface area contributed by atoms with E-state index >= 15 is 0 Å². The Bertz CT molecular complexity index is 587. The van der Waals surface area contributed by atoms with Gasteiger partial charge in [-0.2, -0.15) is 5.10 Å². The van der Waals surface area contributed by atoms with Crippen LogP contribution in [0.3, 0.4) is 0 Å². The third kappa shape index (κ3) is 4.29. The molecule has 3 nitrogen and oxygen atoms in total. The Balaban J connectivity index is 2.08. The number of benzene rings is 1. The molecule has 1 aromatic heterocycles. The van der Waals surface area contributed by atoms with Gasteiger partial charge in [0.15, 0.2) is 0 Å². The van der Waals surface area contributed by atoms with E-state index in [1.54, 1.807) is 16.8 Å². The zero-order chi connectivity index (χ0) is 15.4. The van der Waals surface area contributed by atoms with Crippen molar-refractivity contribution in [2.45, 2.75) is 33.9 Å². The molecule has 1 N–H and O–H groups in total. The second-order valence-corrected chi connectivity index (χ2v) is 6.07. The molecule has 0 radical (unpaired) electrons. The van der Waals surface area contributed by atoms with Gasteiger partial charge in [0.2, 0.25) is 0 Å². The van der Waals surface area contributed by atoms with Gasteiger partial charge < -0.3 is 5.32 Å². The molecule has 2 aromatic rings. The Hall–Kier alpha value is -1.39. The molecule has 1 heterocycles. The van der Waals surface area contributed by atoms with Gasteiger partial charge in [-0.1, -0.05) is 31.5 Å². The molecule has 0 fully saturated rings. The summed E-state index contributed by atoms with van der Waals surface area (Å²) in [4.78, 5) is 0. The largest absolute Gasteiger partial charge is 0.312 e. The van der Waals surface area contributed by atoms with Crippen LogP contribution in [0.15, 0.2) is 24.4 Å². The summed E-state index contributed by atoms with van der Waals surface area (Å²) in [5.74, 6) is 0.313. The van der Waals surface area contributed by atoms with E-state index in [0.717, 1.165) is 24.3 Å². The summed E-state index contributed by atoms with van der Waals surface area (Å²) in [7, 11) is 0. The molecule has 0 unspecified atom stereocenters. The topological polar surface area (TPSA) is 29.9 Å². The molecule has 0 saturated carbocycles. The minimum atomic E-state index is -0.296. The van der Waals surface area contributed by atoms with Crippen molar-refractivity contribution in [2.24, 2.45) is 5.92 Å². The minimum Gasteiger partial charge on any atom is -0.312 e. The zero-order valence-electron chi connectivity index (χ0n) is 12.7. The third-order valence-corrected chi connectivity index (χ3v) is 3.65. The van der Waals surface area contributed by atoms with Crippen LogP contribution in [0.25, 0.3) is 0 Å². The predicted octanol–water partition coefficient (Wildman–Crippen LogP) is 3.78. The molecule has 0 bridgehead atoms. The number of nitrogens with one attached hydrogen (secondary N) is 1. The van der Waals surface area contributed by atoms with Crippen molar-refractivity contribution >= 4 is 11.6 Å². The Morgan fingerprint density at radius 1 is 1.38 bits per heavy atom. The van der Waals surface area contributed by atoms with Crippen LogP contribution < -0.4 is 5.32 Å². The highest BCUT2D eigenvalue weighted by molar-refractivity contribution is 6.31. The van der Waals surface area contributed by atoms with Crippen LogP contribution >= 0.6 is 11.6 Å². The van der Waals surface area contributed by atoms with Crippen molar-refractivity contribution in [1.82, 2.24) is 15.1 Å². The van der Waals surface area contributed by atoms with Crippen LogP contribution in [0.2, 0.25) is 5.02 Å². The molecule has 1 aromatic carbocycles. The van der Waals surface area contributed by atoms with Crippen LogP contribution in [0.4, 0.5) is 4.39 Å². The summed E-state index contributed by atoms with van der Waals surface area (Å²) in [6, 6.07) is 4.72. The van der Waals surface area contributed by atoms with E-state index in [9.17, 15) is 4.39 Å². The summed E-state index contributed by atoms with van der Waals surface area (Å²) in [5, 5.41) is 8.26. The fourth-order valence-electron chi connectivity index (χ4n) is 2.15. The van der Waals surface area contributed by atoms with Gasteiger partial charge in [0.05, 0.1) is 12.2 Å². The first-order chi connectivity index (χ1) is 9.97. The first-order valence-corrected chi connectivity index (χ1v) is 7.51. The van der Waals surface area contributed by atoms with E-state index in [-0.39, 0.29) is 5.82 Å². The molecule has 21 heavy (non-hydrogen) atoms. The van der Waals surface area contributed by atoms with Crippen LogP contribution in [-0.2, 0) is 13.1 Å². The molecule has 2 rings (SSSR count). The number of hydrogen-bond acceptors (Lipinski definition) is 2. The van der Waals surface area contributed by atoms with E-state index in [1.165, 1.54) is 6.07 Å². The molecule has 114 valence electrons. The molecular weight excluding hydrogens is 289 g/mol. The summed E-state index contributed by atoms with van der Waals surface area (Å²) < 4.78 is 15.5. The summed E-state index contributed by atoms with van der Waals surface area (Å²) in [6.07, 6.45) is 1.95. The maximum absolute atomic E-state index is 13.8. The van der Waals surface area contributed by atoms with Crippen molar-refractivity contribution in [1.29, 1.82) is 0 Å². The highest BCUT2D eigenvalue weighted by Crippen LogP contribution is 2.20. The maximum atomic E-state index is 13.8. The molecule has 0 aliphatic rings. The van der Waals surface area contributed by atoms with Crippen molar-refractivity contribution in [3.05, 3.63) is 52.1 Å². The molecule has 0 saturated heterocycles. The summed E-state index contributed by atoms with van der Waals surface area (Å²) in [5.41, 5.74) is 2.56. The van der Waals surface area contributed by atoms with E-state index < -0.39 is 0 Å². The lowest BCUT2D eigenvalue weighted by Gasteiger charge is -2.06. The third-order valence-electron chi connectivity index (χ3n) is 3.30. The molecule has 5 heteroatoms. The first-order valence-electron chi connectivity index (χ1n) is 7.14. The number of aryl methyl sites for hydroxylation is 1. The second-order valence-electron chi connectivity index (χ2n) is 5.66. The smallest absolute Gasteiger partial charge is 0.129 e. The SMILES string of the molecule is Cc1nn(Cc2c(F)cccc2Cl)cc1CNCC(C)C. The Labute approximate surface area is 130 Å². The second kappa shape index (κ2) is 7.05. The van der Waals surface area contributed by atoms with Gasteiger partial charge in [-0.25, -0.2) is 4.39 Å². The lowest BCUT2D eigenvalue weighted by Crippen LogP contribution is -2.19. The first kappa shape index (κ1) is 16.0. The summed E-state index contributed by atoms with van der Waals surface area (Å²) in [6.45, 7) is 8.38.